The van der Waals surface area contributed by atoms with Gasteiger partial charge < -0.3 is 15.4 Å². The summed E-state index contributed by atoms with van der Waals surface area (Å²) in [5, 5.41) is 5.03. The molecule has 5 nitrogen and oxygen atoms in total. The molecule has 0 aliphatic heterocycles. The third-order valence-corrected chi connectivity index (χ3v) is 2.15. The van der Waals surface area contributed by atoms with Gasteiger partial charge in [0.15, 0.2) is 6.61 Å². The topological polar surface area (TPSA) is 67.4 Å². The van der Waals surface area contributed by atoms with Gasteiger partial charge in [-0.25, -0.2) is 0 Å². The number of ether oxygens (including phenoxy) is 1. The highest BCUT2D eigenvalue weighted by Gasteiger charge is 2.02. The van der Waals surface area contributed by atoms with Crippen molar-refractivity contribution in [3.63, 3.8) is 0 Å². The summed E-state index contributed by atoms with van der Waals surface area (Å²) >= 11 is 5.35. The van der Waals surface area contributed by atoms with Gasteiger partial charge >= 0.3 is 0 Å². The zero-order valence-electron chi connectivity index (χ0n) is 9.33. The predicted octanol–water partition coefficient (Wildman–Crippen LogP) is 0.989. The Kier molecular flexibility index (Phi) is 5.29. The van der Waals surface area contributed by atoms with Crippen molar-refractivity contribution in [2.75, 3.05) is 24.9 Å². The molecule has 0 aliphatic rings. The van der Waals surface area contributed by atoms with Crippen LogP contribution in [0.1, 0.15) is 0 Å². The normalized spacial score (nSPS) is 9.53. The fourth-order valence-corrected chi connectivity index (χ4v) is 1.12. The maximum atomic E-state index is 11.0. The number of anilines is 1. The van der Waals surface area contributed by atoms with E-state index < -0.39 is 0 Å². The molecule has 2 N–H and O–H groups in total. The van der Waals surface area contributed by atoms with Gasteiger partial charge in [0.1, 0.15) is 11.6 Å². The van der Waals surface area contributed by atoms with Gasteiger partial charge in [0, 0.05) is 12.7 Å². The van der Waals surface area contributed by atoms with Gasteiger partial charge in [-0.15, -0.1) is 11.6 Å². The molecule has 0 saturated heterocycles. The molecule has 1 aromatic rings. The summed E-state index contributed by atoms with van der Waals surface area (Å²) < 4.78 is 5.19. The standard InChI is InChI=1S/C11H13ClN2O3/c1-13-11(16)7-17-9-4-2-8(3-5-9)14-10(15)6-12/h2-5H,6-7H2,1H3,(H,13,16)(H,14,15). The maximum Gasteiger partial charge on any atom is 0.257 e. The number of alkyl halides is 1. The molecule has 1 aromatic carbocycles. The number of benzene rings is 1. The van der Waals surface area contributed by atoms with E-state index in [9.17, 15) is 9.59 Å². The molecule has 0 saturated carbocycles. The molecular formula is C11H13ClN2O3. The minimum Gasteiger partial charge on any atom is -0.484 e. The Hall–Kier alpha value is -1.75. The molecular weight excluding hydrogens is 244 g/mol. The van der Waals surface area contributed by atoms with Gasteiger partial charge in [0.05, 0.1) is 0 Å². The molecule has 1 rings (SSSR count). The first-order chi connectivity index (χ1) is 8.15. The second-order valence-electron chi connectivity index (χ2n) is 3.17. The summed E-state index contributed by atoms with van der Waals surface area (Å²) in [5.74, 6) is -0.0118. The van der Waals surface area contributed by atoms with E-state index in [1.807, 2.05) is 0 Å². The van der Waals surface area contributed by atoms with Crippen molar-refractivity contribution < 1.29 is 14.3 Å². The van der Waals surface area contributed by atoms with E-state index >= 15 is 0 Å². The fourth-order valence-electron chi connectivity index (χ4n) is 1.05. The molecule has 0 radical (unpaired) electrons. The van der Waals surface area contributed by atoms with E-state index in [1.165, 1.54) is 7.05 Å². The molecule has 17 heavy (non-hydrogen) atoms. The Morgan fingerprint density at radius 1 is 1.24 bits per heavy atom. The first-order valence-electron chi connectivity index (χ1n) is 4.95. The van der Waals surface area contributed by atoms with Crippen LogP contribution in [0.3, 0.4) is 0 Å². The van der Waals surface area contributed by atoms with Crippen LogP contribution in [0, 0.1) is 0 Å². The summed E-state index contributed by atoms with van der Waals surface area (Å²) in [7, 11) is 1.54. The number of rotatable bonds is 5. The lowest BCUT2D eigenvalue weighted by Gasteiger charge is -2.06. The summed E-state index contributed by atoms with van der Waals surface area (Å²) in [6.07, 6.45) is 0. The van der Waals surface area contributed by atoms with Gasteiger partial charge in [0.25, 0.3) is 5.91 Å². The molecule has 92 valence electrons. The lowest BCUT2D eigenvalue weighted by molar-refractivity contribution is -0.122. The number of nitrogens with one attached hydrogen (secondary N) is 2. The zero-order chi connectivity index (χ0) is 12.7. The number of hydrogen-bond donors (Lipinski definition) is 2. The van der Waals surface area contributed by atoms with E-state index in [1.54, 1.807) is 24.3 Å². The van der Waals surface area contributed by atoms with Crippen molar-refractivity contribution in [3.05, 3.63) is 24.3 Å². The van der Waals surface area contributed by atoms with Crippen LogP contribution in [0.5, 0.6) is 5.75 Å². The molecule has 0 aromatic heterocycles. The van der Waals surface area contributed by atoms with Crippen molar-refractivity contribution in [2.45, 2.75) is 0 Å². The van der Waals surface area contributed by atoms with Crippen LogP contribution < -0.4 is 15.4 Å². The Labute approximate surface area is 104 Å². The smallest absolute Gasteiger partial charge is 0.257 e. The van der Waals surface area contributed by atoms with Crippen LogP contribution in [0.25, 0.3) is 0 Å². The molecule has 2 amide bonds. The van der Waals surface area contributed by atoms with Crippen molar-refractivity contribution in [1.82, 2.24) is 5.32 Å². The molecule has 0 atom stereocenters. The highest BCUT2D eigenvalue weighted by atomic mass is 35.5. The van der Waals surface area contributed by atoms with Crippen molar-refractivity contribution in [2.24, 2.45) is 0 Å². The number of likely N-dealkylation sites (N-methyl/N-ethyl adjacent to an activating group) is 1. The summed E-state index contributed by atoms with van der Waals surface area (Å²) in [5.41, 5.74) is 0.628. The van der Waals surface area contributed by atoms with Crippen LogP contribution in [0.4, 0.5) is 5.69 Å². The van der Waals surface area contributed by atoms with Crippen LogP contribution in [0.15, 0.2) is 24.3 Å². The summed E-state index contributed by atoms with van der Waals surface area (Å²) in [6.45, 7) is -0.0378. The third-order valence-electron chi connectivity index (χ3n) is 1.91. The minimum atomic E-state index is -0.273. The van der Waals surface area contributed by atoms with Crippen molar-refractivity contribution in [1.29, 1.82) is 0 Å². The molecule has 6 heteroatoms. The van der Waals surface area contributed by atoms with Gasteiger partial charge in [-0.3, -0.25) is 9.59 Å². The molecule has 0 bridgehead atoms. The van der Waals surface area contributed by atoms with E-state index in [-0.39, 0.29) is 24.3 Å². The lowest BCUT2D eigenvalue weighted by Crippen LogP contribution is -2.24. The number of carbonyl (C=O) groups excluding carboxylic acids is 2. The van der Waals surface area contributed by atoms with E-state index in [0.29, 0.717) is 11.4 Å². The van der Waals surface area contributed by atoms with Gasteiger partial charge in [-0.1, -0.05) is 0 Å². The van der Waals surface area contributed by atoms with Crippen LogP contribution in [-0.2, 0) is 9.59 Å². The quantitative estimate of drug-likeness (QED) is 0.772. The molecule has 0 heterocycles. The summed E-state index contributed by atoms with van der Waals surface area (Å²) in [6, 6.07) is 6.66. The third kappa shape index (κ3) is 4.74. The number of amides is 2. The molecule has 0 spiro atoms. The zero-order valence-corrected chi connectivity index (χ0v) is 10.1. The lowest BCUT2D eigenvalue weighted by atomic mass is 10.3. The van der Waals surface area contributed by atoms with Gasteiger partial charge in [-0.2, -0.15) is 0 Å². The van der Waals surface area contributed by atoms with E-state index in [0.717, 1.165) is 0 Å². The second-order valence-corrected chi connectivity index (χ2v) is 3.44. The number of carbonyl (C=O) groups is 2. The SMILES string of the molecule is CNC(=O)COc1ccc(NC(=O)CCl)cc1. The predicted molar refractivity (Wildman–Crippen MR) is 65.4 cm³/mol. The Bertz CT molecular complexity index is 392. The first kappa shape index (κ1) is 13.3. The fraction of sp³-hybridized carbons (Fsp3) is 0.273. The Morgan fingerprint density at radius 3 is 2.41 bits per heavy atom. The Morgan fingerprint density at radius 2 is 1.88 bits per heavy atom. The van der Waals surface area contributed by atoms with Crippen LogP contribution in [-0.4, -0.2) is 31.3 Å². The van der Waals surface area contributed by atoms with E-state index in [2.05, 4.69) is 10.6 Å². The molecule has 0 aliphatic carbocycles. The second kappa shape index (κ2) is 6.75. The van der Waals surface area contributed by atoms with Crippen molar-refractivity contribution >= 4 is 29.1 Å². The molecule has 0 unspecified atom stereocenters. The number of halogens is 1. The van der Waals surface area contributed by atoms with Crippen LogP contribution >= 0.6 is 11.6 Å². The largest absolute Gasteiger partial charge is 0.484 e. The maximum absolute atomic E-state index is 11.0. The number of hydrogen-bond acceptors (Lipinski definition) is 3. The van der Waals surface area contributed by atoms with Gasteiger partial charge in [0.2, 0.25) is 5.91 Å². The van der Waals surface area contributed by atoms with Crippen LogP contribution in [0.2, 0.25) is 0 Å². The van der Waals surface area contributed by atoms with Crippen molar-refractivity contribution in [3.8, 4) is 5.75 Å². The Balaban J connectivity index is 2.50. The highest BCUT2D eigenvalue weighted by molar-refractivity contribution is 6.29. The van der Waals surface area contributed by atoms with E-state index in [4.69, 9.17) is 16.3 Å². The first-order valence-corrected chi connectivity index (χ1v) is 5.48. The average molecular weight is 257 g/mol. The molecule has 0 fully saturated rings. The average Bonchev–Trinajstić information content (AvgIpc) is 2.37. The highest BCUT2D eigenvalue weighted by Crippen LogP contribution is 2.15. The van der Waals surface area contributed by atoms with Gasteiger partial charge in [-0.05, 0) is 24.3 Å². The monoisotopic (exact) mass is 256 g/mol. The minimum absolute atomic E-state index is 0.0378. The summed E-state index contributed by atoms with van der Waals surface area (Å²) in [4.78, 5) is 21.9.